The number of carbonyl (C=O) groups is 2. The van der Waals surface area contributed by atoms with Crippen molar-refractivity contribution >= 4 is 23.5 Å². The van der Waals surface area contributed by atoms with E-state index in [9.17, 15) is 14.0 Å². The summed E-state index contributed by atoms with van der Waals surface area (Å²) in [6.07, 6.45) is 0. The topological polar surface area (TPSA) is 74.6 Å². The normalized spacial score (nSPS) is 11.3. The van der Waals surface area contributed by atoms with Gasteiger partial charge in [0.1, 0.15) is 5.82 Å². The predicted molar refractivity (Wildman–Crippen MR) is 58.8 cm³/mol. The second kappa shape index (κ2) is 4.33. The minimum absolute atomic E-state index is 0.183. The molecule has 0 aliphatic rings. The van der Waals surface area contributed by atoms with Crippen LogP contribution in [-0.4, -0.2) is 22.2 Å². The molecule has 0 bridgehead atoms. The van der Waals surface area contributed by atoms with Gasteiger partial charge in [-0.15, -0.1) is 0 Å². The first-order chi connectivity index (χ1) is 7.72. The summed E-state index contributed by atoms with van der Waals surface area (Å²) in [4.78, 5) is 22.1. The second-order valence-corrected chi connectivity index (χ2v) is 4.17. The summed E-state index contributed by atoms with van der Waals surface area (Å²) < 4.78 is 13.6. The third-order valence-electron chi connectivity index (χ3n) is 2.64. The molecule has 0 spiro atoms. The van der Waals surface area contributed by atoms with E-state index in [1.807, 2.05) is 0 Å². The summed E-state index contributed by atoms with van der Waals surface area (Å²) in [7, 11) is 0. The Morgan fingerprint density at radius 2 is 1.76 bits per heavy atom. The minimum atomic E-state index is -2.41. The molecule has 6 heteroatoms. The SMILES string of the molecule is Cc1ccc(F)c(C(C)(C(=O)O)C(=O)O)c1Cl. The van der Waals surface area contributed by atoms with Crippen molar-refractivity contribution in [1.82, 2.24) is 0 Å². The van der Waals surface area contributed by atoms with Crippen LogP contribution in [-0.2, 0) is 15.0 Å². The Hall–Kier alpha value is -1.62. The molecule has 0 aliphatic carbocycles. The van der Waals surface area contributed by atoms with Gasteiger partial charge in [-0.05, 0) is 25.5 Å². The fourth-order valence-electron chi connectivity index (χ4n) is 1.42. The van der Waals surface area contributed by atoms with Crippen LogP contribution >= 0.6 is 11.6 Å². The number of hydrogen-bond donors (Lipinski definition) is 2. The molecule has 1 rings (SSSR count). The van der Waals surface area contributed by atoms with E-state index in [0.717, 1.165) is 13.0 Å². The highest BCUT2D eigenvalue weighted by Crippen LogP contribution is 2.35. The molecule has 0 saturated carbocycles. The Morgan fingerprint density at radius 3 is 2.18 bits per heavy atom. The lowest BCUT2D eigenvalue weighted by Crippen LogP contribution is -2.42. The number of carboxylic acid groups (broad SMARTS) is 2. The Bertz CT molecular complexity index is 484. The van der Waals surface area contributed by atoms with Crippen LogP contribution < -0.4 is 0 Å². The molecule has 0 aromatic heterocycles. The highest BCUT2D eigenvalue weighted by atomic mass is 35.5. The summed E-state index contributed by atoms with van der Waals surface area (Å²) in [5.41, 5.74) is -2.52. The smallest absolute Gasteiger partial charge is 0.325 e. The first-order valence-electron chi connectivity index (χ1n) is 4.64. The zero-order valence-corrected chi connectivity index (χ0v) is 9.88. The standard InChI is InChI=1S/C11H10ClFO4/c1-5-3-4-6(13)7(8(5)12)11(2,9(14)15)10(16)17/h3-4H,1-2H3,(H,14,15)(H,16,17). The van der Waals surface area contributed by atoms with Crippen molar-refractivity contribution in [2.45, 2.75) is 19.3 Å². The number of halogens is 2. The number of rotatable bonds is 3. The van der Waals surface area contributed by atoms with Crippen LogP contribution in [0.25, 0.3) is 0 Å². The van der Waals surface area contributed by atoms with Crippen molar-refractivity contribution in [3.8, 4) is 0 Å². The zero-order chi connectivity index (χ0) is 13.4. The molecule has 0 saturated heterocycles. The fraction of sp³-hybridized carbons (Fsp3) is 0.273. The summed E-state index contributed by atoms with van der Waals surface area (Å²) >= 11 is 5.80. The van der Waals surface area contributed by atoms with E-state index in [2.05, 4.69) is 0 Å². The summed E-state index contributed by atoms with van der Waals surface area (Å²) in [6.45, 7) is 2.44. The third-order valence-corrected chi connectivity index (χ3v) is 3.13. The van der Waals surface area contributed by atoms with Gasteiger partial charge >= 0.3 is 11.9 Å². The highest BCUT2D eigenvalue weighted by Gasteiger charge is 2.47. The largest absolute Gasteiger partial charge is 0.480 e. The number of aryl methyl sites for hydroxylation is 1. The lowest BCUT2D eigenvalue weighted by Gasteiger charge is -2.22. The molecular formula is C11H10ClFO4. The second-order valence-electron chi connectivity index (χ2n) is 3.79. The van der Waals surface area contributed by atoms with Crippen molar-refractivity contribution in [3.63, 3.8) is 0 Å². The quantitative estimate of drug-likeness (QED) is 0.817. The van der Waals surface area contributed by atoms with E-state index in [-0.39, 0.29) is 5.02 Å². The van der Waals surface area contributed by atoms with Gasteiger partial charge in [0, 0.05) is 5.56 Å². The Kier molecular flexibility index (Phi) is 3.43. The van der Waals surface area contributed by atoms with Crippen molar-refractivity contribution < 1.29 is 24.2 Å². The Balaban J connectivity index is 3.66. The molecule has 0 radical (unpaired) electrons. The molecule has 0 amide bonds. The minimum Gasteiger partial charge on any atom is -0.480 e. The van der Waals surface area contributed by atoms with Crippen LogP contribution in [0.5, 0.6) is 0 Å². The van der Waals surface area contributed by atoms with Gasteiger partial charge in [0.2, 0.25) is 0 Å². The molecule has 92 valence electrons. The fourth-order valence-corrected chi connectivity index (χ4v) is 1.76. The van der Waals surface area contributed by atoms with Gasteiger partial charge in [-0.25, -0.2) is 4.39 Å². The molecule has 0 atom stereocenters. The van der Waals surface area contributed by atoms with Crippen molar-refractivity contribution in [1.29, 1.82) is 0 Å². The number of aliphatic carboxylic acids is 2. The molecule has 1 aromatic carbocycles. The van der Waals surface area contributed by atoms with Crippen molar-refractivity contribution in [2.75, 3.05) is 0 Å². The number of hydrogen-bond acceptors (Lipinski definition) is 2. The average Bonchev–Trinajstić information content (AvgIpc) is 2.23. The lowest BCUT2D eigenvalue weighted by molar-refractivity contribution is -0.156. The molecule has 17 heavy (non-hydrogen) atoms. The predicted octanol–water partition coefficient (Wildman–Crippen LogP) is 2.21. The van der Waals surface area contributed by atoms with Crippen LogP contribution in [0.15, 0.2) is 12.1 Å². The molecule has 0 aliphatic heterocycles. The Labute approximate surface area is 102 Å². The average molecular weight is 261 g/mol. The van der Waals surface area contributed by atoms with Gasteiger partial charge in [0.05, 0.1) is 5.02 Å². The molecule has 0 unspecified atom stereocenters. The van der Waals surface area contributed by atoms with Gasteiger partial charge in [-0.1, -0.05) is 17.7 Å². The van der Waals surface area contributed by atoms with Gasteiger partial charge in [0.15, 0.2) is 5.41 Å². The van der Waals surface area contributed by atoms with Gasteiger partial charge in [-0.2, -0.15) is 0 Å². The third kappa shape index (κ3) is 1.98. The van der Waals surface area contributed by atoms with Gasteiger partial charge < -0.3 is 10.2 Å². The van der Waals surface area contributed by atoms with E-state index in [4.69, 9.17) is 21.8 Å². The van der Waals surface area contributed by atoms with Crippen LogP contribution in [0.3, 0.4) is 0 Å². The number of benzene rings is 1. The van der Waals surface area contributed by atoms with Crippen LogP contribution in [0.4, 0.5) is 4.39 Å². The van der Waals surface area contributed by atoms with E-state index in [1.54, 1.807) is 0 Å². The van der Waals surface area contributed by atoms with E-state index in [1.165, 1.54) is 13.0 Å². The van der Waals surface area contributed by atoms with E-state index >= 15 is 0 Å². The first kappa shape index (κ1) is 13.4. The molecule has 0 heterocycles. The van der Waals surface area contributed by atoms with Gasteiger partial charge in [-0.3, -0.25) is 9.59 Å². The lowest BCUT2D eigenvalue weighted by atomic mass is 9.81. The number of carboxylic acids is 2. The van der Waals surface area contributed by atoms with Crippen LogP contribution in [0.2, 0.25) is 5.02 Å². The molecule has 4 nitrogen and oxygen atoms in total. The Morgan fingerprint density at radius 1 is 1.29 bits per heavy atom. The summed E-state index contributed by atoms with van der Waals surface area (Å²) in [6, 6.07) is 2.35. The van der Waals surface area contributed by atoms with Gasteiger partial charge in [0.25, 0.3) is 0 Å². The van der Waals surface area contributed by atoms with Crippen molar-refractivity contribution in [3.05, 3.63) is 34.1 Å². The first-order valence-corrected chi connectivity index (χ1v) is 5.02. The van der Waals surface area contributed by atoms with Crippen LogP contribution in [0, 0.1) is 12.7 Å². The van der Waals surface area contributed by atoms with Crippen LogP contribution in [0.1, 0.15) is 18.1 Å². The molecule has 1 aromatic rings. The van der Waals surface area contributed by atoms with E-state index < -0.39 is 28.7 Å². The summed E-state index contributed by atoms with van der Waals surface area (Å²) in [5, 5.41) is 17.8. The molecule has 2 N–H and O–H groups in total. The van der Waals surface area contributed by atoms with Crippen molar-refractivity contribution in [2.24, 2.45) is 0 Å². The highest BCUT2D eigenvalue weighted by molar-refractivity contribution is 6.33. The maximum atomic E-state index is 13.6. The monoisotopic (exact) mass is 260 g/mol. The van der Waals surface area contributed by atoms with E-state index in [0.29, 0.717) is 5.56 Å². The molecular weight excluding hydrogens is 251 g/mol. The molecule has 0 fully saturated rings. The maximum absolute atomic E-state index is 13.6. The zero-order valence-electron chi connectivity index (χ0n) is 9.12. The maximum Gasteiger partial charge on any atom is 0.325 e. The summed E-state index contributed by atoms with van der Waals surface area (Å²) in [5.74, 6) is -4.29.